The van der Waals surface area contributed by atoms with E-state index in [1.54, 1.807) is 26.4 Å². The molecule has 0 atom stereocenters. The van der Waals surface area contributed by atoms with Crippen molar-refractivity contribution in [2.45, 2.75) is 6.61 Å². The highest BCUT2D eigenvalue weighted by Gasteiger charge is 2.24. The van der Waals surface area contributed by atoms with Crippen molar-refractivity contribution in [1.29, 1.82) is 5.41 Å². The normalized spacial score (nSPS) is 11.0. The van der Waals surface area contributed by atoms with Gasteiger partial charge in [-0.15, -0.1) is 10.2 Å². The number of rotatable bonds is 18. The highest BCUT2D eigenvalue weighted by Crippen LogP contribution is 2.41. The van der Waals surface area contributed by atoms with Crippen LogP contribution >= 0.6 is 15.9 Å². The van der Waals surface area contributed by atoms with Crippen molar-refractivity contribution in [2.75, 3.05) is 65.7 Å². The van der Waals surface area contributed by atoms with Crippen LogP contribution in [0.5, 0.6) is 5.75 Å². The Kier molecular flexibility index (Phi) is 13.1. The molecule has 1 N–H and O–H groups in total. The average molecular weight is 613 g/mol. The van der Waals surface area contributed by atoms with Gasteiger partial charge in [0.05, 0.1) is 65.3 Å². The second kappa shape index (κ2) is 16.3. The second-order valence-electron chi connectivity index (χ2n) is 7.68. The summed E-state index contributed by atoms with van der Waals surface area (Å²) in [7, 11) is 4.66. The van der Waals surface area contributed by atoms with E-state index >= 15 is 0 Å². The minimum Gasteiger partial charge on any atom is -0.495 e. The van der Waals surface area contributed by atoms with Crippen LogP contribution in [0.1, 0.15) is 5.56 Å². The molecule has 0 bridgehead atoms. The molecular weight excluding hydrogens is 584 g/mol. The monoisotopic (exact) mass is 612 g/mol. The quantitative estimate of drug-likeness (QED) is 0.0604. The summed E-state index contributed by atoms with van der Waals surface area (Å²) in [6, 6.07) is 5.25. The van der Waals surface area contributed by atoms with Crippen LogP contribution in [0.4, 0.5) is 28.4 Å². The second-order valence-corrected chi connectivity index (χ2v) is 8.53. The highest BCUT2D eigenvalue weighted by molar-refractivity contribution is 9.10. The van der Waals surface area contributed by atoms with E-state index < -0.39 is 21.2 Å². The molecule has 0 unspecified atom stereocenters. The van der Waals surface area contributed by atoms with Crippen LogP contribution in [0.2, 0.25) is 0 Å². The summed E-state index contributed by atoms with van der Waals surface area (Å²) in [5.41, 5.74) is 0.153. The summed E-state index contributed by atoms with van der Waals surface area (Å²) in [6.07, 6.45) is 0.773. The van der Waals surface area contributed by atoms with Crippen LogP contribution in [-0.2, 0) is 25.6 Å². The molecule has 0 heterocycles. The zero-order chi connectivity index (χ0) is 28.8. The van der Waals surface area contributed by atoms with Crippen molar-refractivity contribution in [3.05, 3.63) is 54.5 Å². The molecule has 0 aliphatic rings. The van der Waals surface area contributed by atoms with Crippen molar-refractivity contribution in [3.63, 3.8) is 0 Å². The number of methoxy groups -OCH3 is 3. The lowest BCUT2D eigenvalue weighted by molar-refractivity contribution is -0.393. The Bertz CT molecular complexity index is 1180. The van der Waals surface area contributed by atoms with Gasteiger partial charge in [-0.25, -0.2) is 0 Å². The summed E-state index contributed by atoms with van der Waals surface area (Å²) in [5.74, 6) is 0.424. The molecule has 0 spiro atoms. The van der Waals surface area contributed by atoms with Gasteiger partial charge in [-0.3, -0.25) is 25.6 Å². The van der Waals surface area contributed by atoms with Crippen molar-refractivity contribution in [2.24, 2.45) is 10.2 Å². The smallest absolute Gasteiger partial charge is 0.304 e. The van der Waals surface area contributed by atoms with Gasteiger partial charge in [0.2, 0.25) is 0 Å². The molecule has 0 fully saturated rings. The van der Waals surface area contributed by atoms with Crippen molar-refractivity contribution in [3.8, 4) is 5.75 Å². The van der Waals surface area contributed by atoms with Gasteiger partial charge in [0.25, 0.3) is 5.69 Å². The molecule has 212 valence electrons. The number of hydrogen-bond donors (Lipinski definition) is 1. The van der Waals surface area contributed by atoms with Crippen molar-refractivity contribution < 1.29 is 33.5 Å². The summed E-state index contributed by atoms with van der Waals surface area (Å²) >= 11 is 3.11. The largest absolute Gasteiger partial charge is 0.495 e. The fraction of sp³-hybridized carbons (Fsp3) is 0.435. The van der Waals surface area contributed by atoms with Crippen LogP contribution < -0.4 is 9.64 Å². The van der Waals surface area contributed by atoms with E-state index in [0.717, 1.165) is 18.5 Å². The van der Waals surface area contributed by atoms with Gasteiger partial charge >= 0.3 is 5.69 Å². The molecule has 0 saturated heterocycles. The van der Waals surface area contributed by atoms with E-state index in [9.17, 15) is 20.2 Å². The van der Waals surface area contributed by atoms with Crippen molar-refractivity contribution in [1.82, 2.24) is 0 Å². The van der Waals surface area contributed by atoms with E-state index in [-0.39, 0.29) is 22.5 Å². The molecule has 0 saturated carbocycles. The predicted octanol–water partition coefficient (Wildman–Crippen LogP) is 4.93. The summed E-state index contributed by atoms with van der Waals surface area (Å²) < 4.78 is 26.7. The number of nitrogens with zero attached hydrogens (tertiary/aromatic N) is 5. The lowest BCUT2D eigenvalue weighted by atomic mass is 10.1. The number of azo groups is 1. The molecule has 0 amide bonds. The lowest BCUT2D eigenvalue weighted by Crippen LogP contribution is -2.31. The Morgan fingerprint density at radius 1 is 0.974 bits per heavy atom. The van der Waals surface area contributed by atoms with Gasteiger partial charge in [0, 0.05) is 45.0 Å². The lowest BCUT2D eigenvalue weighted by Gasteiger charge is -2.27. The van der Waals surface area contributed by atoms with E-state index in [2.05, 4.69) is 26.2 Å². The van der Waals surface area contributed by atoms with E-state index in [0.29, 0.717) is 56.5 Å². The maximum Gasteiger partial charge on any atom is 0.304 e. The van der Waals surface area contributed by atoms with Gasteiger partial charge in [-0.1, -0.05) is 0 Å². The minimum atomic E-state index is -0.781. The van der Waals surface area contributed by atoms with E-state index in [1.807, 2.05) is 4.90 Å². The molecule has 0 aliphatic heterocycles. The molecule has 16 heteroatoms. The van der Waals surface area contributed by atoms with Gasteiger partial charge < -0.3 is 28.6 Å². The third-order valence-electron chi connectivity index (χ3n) is 5.24. The molecular formula is C23H29BrN6O9. The third-order valence-corrected chi connectivity index (χ3v) is 5.84. The fourth-order valence-electron chi connectivity index (χ4n) is 3.34. The first-order valence-corrected chi connectivity index (χ1v) is 12.2. The predicted molar refractivity (Wildman–Crippen MR) is 145 cm³/mol. The Morgan fingerprint density at radius 3 is 2.31 bits per heavy atom. The van der Waals surface area contributed by atoms with Crippen LogP contribution in [-0.4, -0.2) is 77.1 Å². The van der Waals surface area contributed by atoms with Gasteiger partial charge in [0.1, 0.15) is 12.4 Å². The molecule has 15 nitrogen and oxygen atoms in total. The molecule has 2 aromatic carbocycles. The number of halogens is 1. The summed E-state index contributed by atoms with van der Waals surface area (Å²) in [6.45, 7) is 2.68. The standard InChI is InChI=1S/C23H29BrN6O9/c1-35-6-4-28(5-7-38-9-8-36-2)20-10-16(14-39-15-25)19(13-22(20)37-3)26-27-23-18(24)11-17(29(31)32)12-21(23)30(33)34/h10-13,15,25H,4-9,14H2,1-3H3. The number of non-ortho nitro benzene ring substituents is 1. The minimum absolute atomic E-state index is 0.0206. The zero-order valence-corrected chi connectivity index (χ0v) is 23.2. The van der Waals surface area contributed by atoms with Crippen LogP contribution in [0.3, 0.4) is 0 Å². The summed E-state index contributed by atoms with van der Waals surface area (Å²) in [5, 5.41) is 38.2. The van der Waals surface area contributed by atoms with Crippen LogP contribution in [0.25, 0.3) is 0 Å². The molecule has 0 aliphatic carbocycles. The fourth-order valence-corrected chi connectivity index (χ4v) is 3.86. The molecule has 39 heavy (non-hydrogen) atoms. The van der Waals surface area contributed by atoms with Crippen LogP contribution in [0, 0.1) is 25.6 Å². The number of anilines is 1. The topological polar surface area (TPSA) is 184 Å². The average Bonchev–Trinajstić information content (AvgIpc) is 2.92. The number of ether oxygens (including phenoxy) is 5. The first-order chi connectivity index (χ1) is 18.8. The molecule has 2 rings (SSSR count). The maximum absolute atomic E-state index is 11.6. The Balaban J connectivity index is 2.53. The molecule has 0 aromatic heterocycles. The summed E-state index contributed by atoms with van der Waals surface area (Å²) in [4.78, 5) is 23.2. The Hall–Kier alpha value is -3.73. The first-order valence-electron chi connectivity index (χ1n) is 11.4. The molecule has 2 aromatic rings. The van der Waals surface area contributed by atoms with E-state index in [4.69, 9.17) is 29.1 Å². The maximum atomic E-state index is 11.6. The van der Waals surface area contributed by atoms with Crippen LogP contribution in [0.15, 0.2) is 39.0 Å². The third kappa shape index (κ3) is 9.20. The number of benzene rings is 2. The number of nitro benzene ring substituents is 2. The SMILES string of the molecule is COCCOCCN(CCOC)c1cc(COC=N)c(N=Nc2c(Br)cc([N+](=O)[O-])cc2[N+](=O)[O-])cc1OC. The number of nitro groups is 2. The van der Waals surface area contributed by atoms with Gasteiger partial charge in [-0.05, 0) is 22.0 Å². The Labute approximate surface area is 232 Å². The zero-order valence-electron chi connectivity index (χ0n) is 21.6. The Morgan fingerprint density at radius 2 is 1.69 bits per heavy atom. The van der Waals surface area contributed by atoms with Gasteiger partial charge in [0.15, 0.2) is 12.1 Å². The molecule has 0 radical (unpaired) electrons. The number of nitrogens with one attached hydrogen (secondary N) is 1. The highest BCUT2D eigenvalue weighted by atomic mass is 79.9. The first kappa shape index (κ1) is 31.5. The van der Waals surface area contributed by atoms with E-state index in [1.165, 1.54) is 7.11 Å². The van der Waals surface area contributed by atoms with Gasteiger partial charge in [-0.2, -0.15) is 0 Å². The number of hydrogen-bond acceptors (Lipinski definition) is 13. The van der Waals surface area contributed by atoms with Crippen molar-refractivity contribution >= 4 is 50.8 Å².